The lowest BCUT2D eigenvalue weighted by molar-refractivity contribution is -0.161. The molecule has 5 nitrogen and oxygen atoms in total. The normalized spacial score (nSPS) is 13.5. The van der Waals surface area contributed by atoms with E-state index < -0.39 is 6.10 Å². The second kappa shape index (κ2) is 56.8. The molecule has 1 N–H and O–H groups in total. The van der Waals surface area contributed by atoms with Gasteiger partial charge in [-0.05, 0) is 122 Å². The van der Waals surface area contributed by atoms with Crippen LogP contribution in [0.5, 0.6) is 0 Å². The van der Waals surface area contributed by atoms with Crippen LogP contribution >= 0.6 is 0 Å². The average Bonchev–Trinajstić information content (AvgIpc) is 3.34. The molecule has 0 spiro atoms. The Kier molecular flexibility index (Phi) is 53.1. The average molecular weight is 935 g/mol. The lowest BCUT2D eigenvalue weighted by Gasteiger charge is -2.15. The molecule has 0 bridgehead atoms. The Morgan fingerprint density at radius 1 is 0.338 bits per heavy atom. The Bertz CT molecular complexity index is 1520. The smallest absolute Gasteiger partial charge is 0.306 e. The first-order chi connectivity index (χ1) is 33.6. The standard InChI is InChI=1S/C63H98O5/c1-3-5-7-9-11-13-15-17-19-21-23-25-27-29-30-31-32-34-36-38-40-42-44-46-48-50-52-54-56-58-63(66)68-61(59-64)60-67-62(65)57-55-53-51-49-47-45-43-41-39-37-35-33-28-26-24-22-20-18-16-14-12-10-8-6-4-2/h5-8,11-14,17-20,23-26,29-30,32-35,38-41,61,64H,3-4,9-10,15-16,21-22,27-28,31,36-37,42-60H2,1-2H3/b7-5-,8-6-,13-11-,14-12-,19-17-,20-18-,25-23-,26-24-,30-29-,34-32-,35-33-,40-38-,41-39-. The summed E-state index contributed by atoms with van der Waals surface area (Å²) in [6, 6.07) is 0. The molecule has 0 aliphatic heterocycles. The first kappa shape index (κ1) is 63.5. The molecular formula is C63H98O5. The third-order valence-corrected chi connectivity index (χ3v) is 10.8. The number of aliphatic hydroxyl groups is 1. The van der Waals surface area contributed by atoms with Crippen LogP contribution in [0.2, 0.25) is 0 Å². The van der Waals surface area contributed by atoms with Gasteiger partial charge in [0.25, 0.3) is 0 Å². The molecule has 0 aromatic heterocycles. The second-order valence-corrected chi connectivity index (χ2v) is 17.2. The SMILES string of the molecule is CC/C=C\C/C=C\C/C=C\C/C=C\C/C=C\C/C=C\C/C=C\CCCCCCCCCC(=O)OC(CO)COC(=O)CCCCCCCC/C=C\C/C=C\C/C=C\C/C=C\C/C=C\C/C=C\CC. The fourth-order valence-electron chi connectivity index (χ4n) is 6.83. The van der Waals surface area contributed by atoms with Crippen molar-refractivity contribution in [3.8, 4) is 0 Å². The van der Waals surface area contributed by atoms with Gasteiger partial charge in [0.1, 0.15) is 6.61 Å². The number of hydrogen-bond donors (Lipinski definition) is 1. The van der Waals surface area contributed by atoms with E-state index in [1.54, 1.807) is 0 Å². The molecule has 0 aromatic rings. The van der Waals surface area contributed by atoms with Gasteiger partial charge in [0.2, 0.25) is 0 Å². The number of carbonyl (C=O) groups is 2. The van der Waals surface area contributed by atoms with Crippen LogP contribution in [-0.2, 0) is 19.1 Å². The van der Waals surface area contributed by atoms with Crippen LogP contribution < -0.4 is 0 Å². The van der Waals surface area contributed by atoms with Crippen molar-refractivity contribution in [2.24, 2.45) is 0 Å². The van der Waals surface area contributed by atoms with Gasteiger partial charge in [-0.2, -0.15) is 0 Å². The van der Waals surface area contributed by atoms with E-state index in [9.17, 15) is 14.7 Å². The molecule has 5 heteroatoms. The molecule has 380 valence electrons. The van der Waals surface area contributed by atoms with Gasteiger partial charge >= 0.3 is 11.9 Å². The van der Waals surface area contributed by atoms with E-state index in [-0.39, 0.29) is 25.2 Å². The van der Waals surface area contributed by atoms with Gasteiger partial charge in [0, 0.05) is 12.8 Å². The van der Waals surface area contributed by atoms with Crippen LogP contribution in [0.15, 0.2) is 158 Å². The molecule has 68 heavy (non-hydrogen) atoms. The summed E-state index contributed by atoms with van der Waals surface area (Å²) in [4.78, 5) is 24.5. The zero-order valence-electron chi connectivity index (χ0n) is 43.3. The first-order valence-corrected chi connectivity index (χ1v) is 27.0. The summed E-state index contributed by atoms with van der Waals surface area (Å²) in [7, 11) is 0. The maximum Gasteiger partial charge on any atom is 0.306 e. The lowest BCUT2D eigenvalue weighted by atomic mass is 10.1. The summed E-state index contributed by atoms with van der Waals surface area (Å²) >= 11 is 0. The molecule has 1 atom stereocenters. The highest BCUT2D eigenvalue weighted by molar-refractivity contribution is 5.70. The second-order valence-electron chi connectivity index (χ2n) is 17.2. The highest BCUT2D eigenvalue weighted by Gasteiger charge is 2.16. The number of allylic oxidation sites excluding steroid dienone is 26. The topological polar surface area (TPSA) is 72.8 Å². The lowest BCUT2D eigenvalue weighted by Crippen LogP contribution is -2.28. The minimum Gasteiger partial charge on any atom is -0.462 e. The van der Waals surface area contributed by atoms with Crippen molar-refractivity contribution < 1.29 is 24.2 Å². The summed E-state index contributed by atoms with van der Waals surface area (Å²) in [6.45, 7) is 3.88. The maximum atomic E-state index is 12.3. The van der Waals surface area contributed by atoms with Crippen LogP contribution in [0.1, 0.15) is 206 Å². The van der Waals surface area contributed by atoms with E-state index in [4.69, 9.17) is 9.47 Å². The van der Waals surface area contributed by atoms with Crippen molar-refractivity contribution >= 4 is 11.9 Å². The monoisotopic (exact) mass is 935 g/mol. The van der Waals surface area contributed by atoms with E-state index in [0.717, 1.165) is 135 Å². The van der Waals surface area contributed by atoms with Crippen LogP contribution in [0.4, 0.5) is 0 Å². The number of rotatable bonds is 47. The molecule has 0 aliphatic rings. The molecule has 0 saturated heterocycles. The van der Waals surface area contributed by atoms with Crippen molar-refractivity contribution in [1.29, 1.82) is 0 Å². The minimum absolute atomic E-state index is 0.0899. The van der Waals surface area contributed by atoms with Gasteiger partial charge in [0.05, 0.1) is 6.61 Å². The van der Waals surface area contributed by atoms with E-state index in [1.165, 1.54) is 44.9 Å². The van der Waals surface area contributed by atoms with Crippen LogP contribution in [0.3, 0.4) is 0 Å². The zero-order valence-corrected chi connectivity index (χ0v) is 43.3. The van der Waals surface area contributed by atoms with Crippen molar-refractivity contribution in [2.75, 3.05) is 13.2 Å². The fraction of sp³-hybridized carbons (Fsp3) is 0.556. The maximum absolute atomic E-state index is 12.3. The Balaban J connectivity index is 3.65. The van der Waals surface area contributed by atoms with E-state index in [1.807, 2.05) is 0 Å². The van der Waals surface area contributed by atoms with Gasteiger partial charge in [-0.3, -0.25) is 9.59 Å². The highest BCUT2D eigenvalue weighted by Crippen LogP contribution is 2.13. The van der Waals surface area contributed by atoms with Crippen molar-refractivity contribution in [3.05, 3.63) is 158 Å². The highest BCUT2D eigenvalue weighted by atomic mass is 16.6. The molecule has 0 rings (SSSR count). The summed E-state index contributed by atoms with van der Waals surface area (Å²) in [6.07, 6.45) is 87.6. The van der Waals surface area contributed by atoms with Gasteiger partial charge < -0.3 is 14.6 Å². The van der Waals surface area contributed by atoms with Gasteiger partial charge in [0.15, 0.2) is 6.10 Å². The first-order valence-electron chi connectivity index (χ1n) is 27.0. The Morgan fingerprint density at radius 2 is 0.588 bits per heavy atom. The molecule has 0 aromatic carbocycles. The molecule has 1 unspecified atom stereocenters. The molecule has 0 radical (unpaired) electrons. The van der Waals surface area contributed by atoms with Crippen molar-refractivity contribution in [3.63, 3.8) is 0 Å². The van der Waals surface area contributed by atoms with Gasteiger partial charge in [-0.1, -0.05) is 230 Å². The molecule has 0 amide bonds. The molecular weight excluding hydrogens is 837 g/mol. The summed E-state index contributed by atoms with van der Waals surface area (Å²) in [5.74, 6) is -0.634. The van der Waals surface area contributed by atoms with E-state index >= 15 is 0 Å². The number of unbranched alkanes of at least 4 members (excludes halogenated alkanes) is 13. The van der Waals surface area contributed by atoms with Crippen molar-refractivity contribution in [2.45, 2.75) is 213 Å². The number of aliphatic hydroxyl groups excluding tert-OH is 1. The number of ether oxygens (including phenoxy) is 2. The van der Waals surface area contributed by atoms with Crippen LogP contribution in [-0.4, -0.2) is 36.4 Å². The van der Waals surface area contributed by atoms with E-state index in [0.29, 0.717) is 12.8 Å². The van der Waals surface area contributed by atoms with Crippen LogP contribution in [0, 0.1) is 0 Å². The number of esters is 2. The number of hydrogen-bond acceptors (Lipinski definition) is 5. The zero-order chi connectivity index (χ0) is 49.2. The minimum atomic E-state index is -0.799. The fourth-order valence-corrected chi connectivity index (χ4v) is 6.83. The summed E-state index contributed by atoms with van der Waals surface area (Å²) in [5.41, 5.74) is 0. The van der Waals surface area contributed by atoms with Gasteiger partial charge in [-0.25, -0.2) is 0 Å². The predicted molar refractivity (Wildman–Crippen MR) is 297 cm³/mol. The van der Waals surface area contributed by atoms with Crippen molar-refractivity contribution in [1.82, 2.24) is 0 Å². The quantitative estimate of drug-likeness (QED) is 0.0374. The molecule has 0 saturated carbocycles. The molecule has 0 heterocycles. The third-order valence-electron chi connectivity index (χ3n) is 10.8. The van der Waals surface area contributed by atoms with Crippen LogP contribution in [0.25, 0.3) is 0 Å². The Morgan fingerprint density at radius 3 is 0.882 bits per heavy atom. The summed E-state index contributed by atoms with van der Waals surface area (Å²) < 4.78 is 10.7. The van der Waals surface area contributed by atoms with Gasteiger partial charge in [-0.15, -0.1) is 0 Å². The molecule has 0 fully saturated rings. The number of carbonyl (C=O) groups excluding carboxylic acids is 2. The Labute approximate surface area is 418 Å². The predicted octanol–water partition coefficient (Wildman–Crippen LogP) is 18.4. The largest absolute Gasteiger partial charge is 0.462 e. The third kappa shape index (κ3) is 54.1. The molecule has 0 aliphatic carbocycles. The Hall–Kier alpha value is -4.48. The summed E-state index contributed by atoms with van der Waals surface area (Å²) in [5, 5.41) is 9.65. The van der Waals surface area contributed by atoms with E-state index in [2.05, 4.69) is 172 Å².